The zero-order valence-corrected chi connectivity index (χ0v) is 7.71. The number of hydrogen-bond acceptors (Lipinski definition) is 3. The standard InChI is InChI=1S/C8H6ClNOS/c9-5-1-2-8-6(3-5)7(11)4-10-12-8/h1-3,10H,4H2. The van der Waals surface area contributed by atoms with Crippen molar-refractivity contribution >= 4 is 29.3 Å². The Kier molecular flexibility index (Phi) is 2.09. The SMILES string of the molecule is O=C1CNSc2ccc(Cl)cc21. The van der Waals surface area contributed by atoms with Gasteiger partial charge in [0.1, 0.15) is 0 Å². The van der Waals surface area contributed by atoms with Gasteiger partial charge < -0.3 is 0 Å². The first-order valence-corrected chi connectivity index (χ1v) is 4.69. The summed E-state index contributed by atoms with van der Waals surface area (Å²) in [6.45, 7) is 0.387. The minimum absolute atomic E-state index is 0.103. The number of halogens is 1. The van der Waals surface area contributed by atoms with Crippen molar-refractivity contribution in [3.63, 3.8) is 0 Å². The van der Waals surface area contributed by atoms with Crippen LogP contribution in [-0.4, -0.2) is 12.3 Å². The fraction of sp³-hybridized carbons (Fsp3) is 0.125. The predicted octanol–water partition coefficient (Wildman–Crippen LogP) is 2.13. The summed E-state index contributed by atoms with van der Waals surface area (Å²) in [5, 5.41) is 0.615. The molecular formula is C8H6ClNOS. The molecule has 1 aliphatic heterocycles. The summed E-state index contributed by atoms with van der Waals surface area (Å²) in [5.41, 5.74) is 0.728. The van der Waals surface area contributed by atoms with Crippen molar-refractivity contribution in [3.05, 3.63) is 28.8 Å². The van der Waals surface area contributed by atoms with Crippen LogP contribution in [0.5, 0.6) is 0 Å². The van der Waals surface area contributed by atoms with Gasteiger partial charge in [0.2, 0.25) is 0 Å². The van der Waals surface area contributed by atoms with E-state index in [1.54, 1.807) is 12.1 Å². The highest BCUT2D eigenvalue weighted by atomic mass is 35.5. The van der Waals surface area contributed by atoms with Crippen LogP contribution in [0.2, 0.25) is 5.02 Å². The summed E-state index contributed by atoms with van der Waals surface area (Å²) in [6, 6.07) is 5.35. The second-order valence-electron chi connectivity index (χ2n) is 2.49. The third kappa shape index (κ3) is 1.35. The molecule has 0 fully saturated rings. The van der Waals surface area contributed by atoms with E-state index in [-0.39, 0.29) is 5.78 Å². The van der Waals surface area contributed by atoms with Crippen molar-refractivity contribution in [1.29, 1.82) is 0 Å². The largest absolute Gasteiger partial charge is 0.293 e. The number of carbonyl (C=O) groups excluding carboxylic acids is 1. The van der Waals surface area contributed by atoms with Crippen molar-refractivity contribution in [1.82, 2.24) is 4.72 Å². The van der Waals surface area contributed by atoms with E-state index in [1.165, 1.54) is 11.9 Å². The van der Waals surface area contributed by atoms with Crippen molar-refractivity contribution in [2.24, 2.45) is 0 Å². The minimum Gasteiger partial charge on any atom is -0.293 e. The van der Waals surface area contributed by atoms with Gasteiger partial charge in [-0.05, 0) is 30.1 Å². The van der Waals surface area contributed by atoms with E-state index >= 15 is 0 Å². The normalized spacial score (nSPS) is 15.9. The molecule has 62 valence electrons. The number of nitrogens with one attached hydrogen (secondary N) is 1. The van der Waals surface area contributed by atoms with Crippen LogP contribution in [0.4, 0.5) is 0 Å². The molecule has 0 bridgehead atoms. The number of benzene rings is 1. The molecular weight excluding hydrogens is 194 g/mol. The van der Waals surface area contributed by atoms with Gasteiger partial charge in [-0.1, -0.05) is 11.6 Å². The fourth-order valence-electron chi connectivity index (χ4n) is 1.08. The van der Waals surface area contributed by atoms with Crippen LogP contribution in [0.25, 0.3) is 0 Å². The van der Waals surface area contributed by atoms with Gasteiger partial charge in [0.25, 0.3) is 0 Å². The van der Waals surface area contributed by atoms with Crippen LogP contribution in [0.1, 0.15) is 10.4 Å². The Morgan fingerprint density at radius 3 is 3.17 bits per heavy atom. The molecule has 2 nitrogen and oxygen atoms in total. The molecule has 1 aliphatic rings. The lowest BCUT2D eigenvalue weighted by Gasteiger charge is -2.14. The molecule has 12 heavy (non-hydrogen) atoms. The first kappa shape index (κ1) is 8.10. The van der Waals surface area contributed by atoms with Crippen molar-refractivity contribution in [3.8, 4) is 0 Å². The summed E-state index contributed by atoms with van der Waals surface area (Å²) in [4.78, 5) is 12.3. The van der Waals surface area contributed by atoms with E-state index in [2.05, 4.69) is 4.72 Å². The first-order chi connectivity index (χ1) is 5.77. The monoisotopic (exact) mass is 199 g/mol. The molecule has 4 heteroatoms. The zero-order valence-electron chi connectivity index (χ0n) is 6.13. The number of Topliss-reactive ketones (excluding diaryl/α,β-unsaturated/α-hetero) is 1. The van der Waals surface area contributed by atoms with Crippen LogP contribution in [-0.2, 0) is 0 Å². The maximum Gasteiger partial charge on any atom is 0.178 e. The molecule has 1 N–H and O–H groups in total. The Morgan fingerprint density at radius 2 is 2.33 bits per heavy atom. The Hall–Kier alpha value is -0.510. The van der Waals surface area contributed by atoms with Gasteiger partial charge in [0.05, 0.1) is 6.54 Å². The van der Waals surface area contributed by atoms with Crippen LogP contribution >= 0.6 is 23.5 Å². The topological polar surface area (TPSA) is 29.1 Å². The average molecular weight is 200 g/mol. The summed E-state index contributed by atoms with van der Waals surface area (Å²) < 4.78 is 2.93. The smallest absolute Gasteiger partial charge is 0.178 e. The van der Waals surface area contributed by atoms with Gasteiger partial charge in [-0.3, -0.25) is 9.52 Å². The molecule has 0 amide bonds. The lowest BCUT2D eigenvalue weighted by molar-refractivity contribution is 0.0993. The first-order valence-electron chi connectivity index (χ1n) is 3.50. The quantitative estimate of drug-likeness (QED) is 0.650. The summed E-state index contributed by atoms with van der Waals surface area (Å²) in [7, 11) is 0. The molecule has 0 unspecified atom stereocenters. The van der Waals surface area contributed by atoms with Gasteiger partial charge in [0.15, 0.2) is 5.78 Å². The number of hydrogen-bond donors (Lipinski definition) is 1. The lowest BCUT2D eigenvalue weighted by Crippen LogP contribution is -2.22. The summed E-state index contributed by atoms with van der Waals surface area (Å²) in [6.07, 6.45) is 0. The Balaban J connectivity index is 2.54. The van der Waals surface area contributed by atoms with E-state index in [0.29, 0.717) is 11.6 Å². The predicted molar refractivity (Wildman–Crippen MR) is 49.6 cm³/mol. The van der Waals surface area contributed by atoms with Gasteiger partial charge in [-0.2, -0.15) is 0 Å². The van der Waals surface area contributed by atoms with Gasteiger partial charge in [-0.15, -0.1) is 0 Å². The average Bonchev–Trinajstić information content (AvgIpc) is 2.07. The fourth-order valence-corrected chi connectivity index (χ4v) is 2.03. The molecule has 0 saturated heterocycles. The van der Waals surface area contributed by atoms with Crippen LogP contribution in [0, 0.1) is 0 Å². The van der Waals surface area contributed by atoms with Gasteiger partial charge >= 0.3 is 0 Å². The molecule has 1 aromatic rings. The highest BCUT2D eigenvalue weighted by Gasteiger charge is 2.16. The molecule has 2 rings (SSSR count). The third-order valence-corrected chi connectivity index (χ3v) is 2.76. The van der Waals surface area contributed by atoms with Crippen LogP contribution in [0.3, 0.4) is 0 Å². The van der Waals surface area contributed by atoms with Crippen molar-refractivity contribution in [2.45, 2.75) is 4.90 Å². The maximum absolute atomic E-state index is 11.3. The maximum atomic E-state index is 11.3. The third-order valence-electron chi connectivity index (χ3n) is 1.66. The second-order valence-corrected chi connectivity index (χ2v) is 3.86. The summed E-state index contributed by atoms with van der Waals surface area (Å²) >= 11 is 7.23. The Morgan fingerprint density at radius 1 is 1.50 bits per heavy atom. The molecule has 0 atom stereocenters. The molecule has 0 aromatic heterocycles. The molecule has 0 spiro atoms. The number of rotatable bonds is 0. The van der Waals surface area contributed by atoms with E-state index in [0.717, 1.165) is 10.5 Å². The van der Waals surface area contributed by atoms with Gasteiger partial charge in [-0.25, -0.2) is 0 Å². The number of fused-ring (bicyclic) bond motifs is 1. The molecule has 1 heterocycles. The number of ketones is 1. The van der Waals surface area contributed by atoms with Gasteiger partial charge in [0, 0.05) is 15.5 Å². The van der Waals surface area contributed by atoms with Crippen LogP contribution in [0.15, 0.2) is 23.1 Å². The van der Waals surface area contributed by atoms with Crippen molar-refractivity contribution in [2.75, 3.05) is 6.54 Å². The molecule has 1 aromatic carbocycles. The van der Waals surface area contributed by atoms with E-state index in [1.807, 2.05) is 6.07 Å². The Labute approximate surface area is 79.4 Å². The minimum atomic E-state index is 0.103. The highest BCUT2D eigenvalue weighted by molar-refractivity contribution is 7.97. The molecule has 0 saturated carbocycles. The highest BCUT2D eigenvalue weighted by Crippen LogP contribution is 2.26. The van der Waals surface area contributed by atoms with E-state index in [4.69, 9.17) is 11.6 Å². The Bertz CT molecular complexity index is 340. The zero-order chi connectivity index (χ0) is 8.55. The molecule has 0 radical (unpaired) electrons. The number of carbonyl (C=O) groups is 1. The lowest BCUT2D eigenvalue weighted by atomic mass is 10.1. The second kappa shape index (κ2) is 3.09. The van der Waals surface area contributed by atoms with E-state index in [9.17, 15) is 4.79 Å². The van der Waals surface area contributed by atoms with E-state index < -0.39 is 0 Å². The van der Waals surface area contributed by atoms with Crippen molar-refractivity contribution < 1.29 is 4.79 Å². The van der Waals surface area contributed by atoms with Crippen LogP contribution < -0.4 is 4.72 Å². The molecule has 0 aliphatic carbocycles. The summed E-state index contributed by atoms with van der Waals surface area (Å²) in [5.74, 6) is 0.103.